The molecule has 0 amide bonds. The number of nitrogens with two attached hydrogens (primary N) is 1. The molecule has 94 valence electrons. The van der Waals surface area contributed by atoms with Crippen molar-refractivity contribution in [2.45, 2.75) is 6.92 Å². The zero-order chi connectivity index (χ0) is 13.1. The highest BCUT2D eigenvalue weighted by molar-refractivity contribution is 9.10. The lowest BCUT2D eigenvalue weighted by molar-refractivity contribution is 0.415. The number of aromatic nitrogens is 1. The predicted molar refractivity (Wildman–Crippen MR) is 77.4 cm³/mol. The molecule has 1 aromatic heterocycles. The number of nitrogens with zero attached hydrogens (tertiary/aromatic N) is 1. The lowest BCUT2D eigenvalue weighted by atomic mass is 10.2. The van der Waals surface area contributed by atoms with Gasteiger partial charge in [-0.15, -0.1) is 0 Å². The first-order chi connectivity index (χ1) is 8.60. The van der Waals surface area contributed by atoms with Crippen LogP contribution in [0.2, 0.25) is 0 Å². The summed E-state index contributed by atoms with van der Waals surface area (Å²) < 4.78 is 6.03. The number of pyridine rings is 1. The third-order valence-corrected chi connectivity index (χ3v) is 3.16. The van der Waals surface area contributed by atoms with Crippen molar-refractivity contribution >= 4 is 33.1 Å². The quantitative estimate of drug-likeness (QED) is 0.911. The summed E-state index contributed by atoms with van der Waals surface area (Å²) in [5.41, 5.74) is 8.34. The highest BCUT2D eigenvalue weighted by Gasteiger charge is 2.05. The third-order valence-electron chi connectivity index (χ3n) is 2.56. The number of aryl methyl sites for hydroxylation is 1. The van der Waals surface area contributed by atoms with Crippen LogP contribution < -0.4 is 15.8 Å². The summed E-state index contributed by atoms with van der Waals surface area (Å²) in [6, 6.07) is 7.66. The van der Waals surface area contributed by atoms with Crippen LogP contribution in [0.3, 0.4) is 0 Å². The monoisotopic (exact) mass is 307 g/mol. The molecular formula is C13H14BrN3O. The largest absolute Gasteiger partial charge is 0.497 e. The van der Waals surface area contributed by atoms with E-state index in [2.05, 4.69) is 26.2 Å². The first-order valence-corrected chi connectivity index (χ1v) is 6.22. The average molecular weight is 308 g/mol. The van der Waals surface area contributed by atoms with Crippen molar-refractivity contribution in [2.75, 3.05) is 18.2 Å². The Balaban J connectivity index is 2.33. The number of nitrogens with one attached hydrogen (secondary N) is 1. The van der Waals surface area contributed by atoms with E-state index in [1.807, 2.05) is 31.2 Å². The second kappa shape index (κ2) is 5.27. The molecule has 0 saturated heterocycles. The van der Waals surface area contributed by atoms with Gasteiger partial charge in [0.25, 0.3) is 0 Å². The van der Waals surface area contributed by atoms with E-state index in [0.717, 1.165) is 27.3 Å². The Bertz CT molecular complexity index is 572. The maximum atomic E-state index is 5.66. The highest BCUT2D eigenvalue weighted by Crippen LogP contribution is 2.29. The fraction of sp³-hybridized carbons (Fsp3) is 0.154. The lowest BCUT2D eigenvalue weighted by Crippen LogP contribution is -1.98. The number of hydrogen-bond donors (Lipinski definition) is 2. The van der Waals surface area contributed by atoms with Gasteiger partial charge in [0.15, 0.2) is 0 Å². The van der Waals surface area contributed by atoms with Gasteiger partial charge in [-0.05, 0) is 40.5 Å². The topological polar surface area (TPSA) is 60.2 Å². The summed E-state index contributed by atoms with van der Waals surface area (Å²) in [6.45, 7) is 2.02. The van der Waals surface area contributed by atoms with Gasteiger partial charge in [0.1, 0.15) is 11.6 Å². The molecule has 0 atom stereocenters. The second-order valence-electron chi connectivity index (χ2n) is 3.90. The van der Waals surface area contributed by atoms with E-state index in [1.165, 1.54) is 0 Å². The number of nitrogen functional groups attached to an aromatic ring is 1. The van der Waals surface area contributed by atoms with Gasteiger partial charge in [0, 0.05) is 11.8 Å². The number of anilines is 3. The lowest BCUT2D eigenvalue weighted by Gasteiger charge is -2.12. The van der Waals surface area contributed by atoms with Gasteiger partial charge < -0.3 is 15.8 Å². The molecule has 1 heterocycles. The van der Waals surface area contributed by atoms with Crippen LogP contribution in [0.25, 0.3) is 0 Å². The van der Waals surface area contributed by atoms with E-state index in [4.69, 9.17) is 10.5 Å². The Kier molecular flexibility index (Phi) is 3.72. The molecule has 0 aliphatic rings. The van der Waals surface area contributed by atoms with Crippen molar-refractivity contribution in [3.63, 3.8) is 0 Å². The summed E-state index contributed by atoms with van der Waals surface area (Å²) in [7, 11) is 1.64. The molecule has 0 aliphatic carbocycles. The Morgan fingerprint density at radius 3 is 2.78 bits per heavy atom. The average Bonchev–Trinajstić information content (AvgIpc) is 2.35. The molecule has 1 aromatic carbocycles. The van der Waals surface area contributed by atoms with E-state index < -0.39 is 0 Å². The Hall–Kier alpha value is -1.75. The van der Waals surface area contributed by atoms with Gasteiger partial charge in [-0.25, -0.2) is 4.98 Å². The molecule has 0 fully saturated rings. The molecular weight excluding hydrogens is 294 g/mol. The van der Waals surface area contributed by atoms with E-state index in [-0.39, 0.29) is 0 Å². The molecule has 2 rings (SSSR count). The highest BCUT2D eigenvalue weighted by atomic mass is 79.9. The minimum atomic E-state index is 0.620. The SMILES string of the molecule is COc1ccc(C)c(Nc2ncc(N)cc2Br)c1. The van der Waals surface area contributed by atoms with Gasteiger partial charge in [0.05, 0.1) is 23.5 Å². The molecule has 0 aliphatic heterocycles. The summed E-state index contributed by atoms with van der Waals surface area (Å²) in [4.78, 5) is 4.25. The van der Waals surface area contributed by atoms with Crippen LogP contribution in [0.1, 0.15) is 5.56 Å². The van der Waals surface area contributed by atoms with Crippen LogP contribution in [-0.2, 0) is 0 Å². The molecule has 5 heteroatoms. The Morgan fingerprint density at radius 1 is 1.33 bits per heavy atom. The molecule has 0 saturated carbocycles. The summed E-state index contributed by atoms with van der Waals surface area (Å²) in [5.74, 6) is 1.52. The summed E-state index contributed by atoms with van der Waals surface area (Å²) >= 11 is 3.43. The number of ether oxygens (including phenoxy) is 1. The van der Waals surface area contributed by atoms with Gasteiger partial charge in [0.2, 0.25) is 0 Å². The first-order valence-electron chi connectivity index (χ1n) is 5.43. The molecule has 3 N–H and O–H groups in total. The molecule has 0 spiro atoms. The molecule has 4 nitrogen and oxygen atoms in total. The van der Waals surface area contributed by atoms with Crippen LogP contribution in [0.15, 0.2) is 34.9 Å². The number of methoxy groups -OCH3 is 1. The second-order valence-corrected chi connectivity index (χ2v) is 4.76. The zero-order valence-corrected chi connectivity index (χ0v) is 11.8. The van der Waals surface area contributed by atoms with Crippen LogP contribution in [0.4, 0.5) is 17.2 Å². The zero-order valence-electron chi connectivity index (χ0n) is 10.2. The van der Waals surface area contributed by atoms with Gasteiger partial charge >= 0.3 is 0 Å². The number of halogens is 1. The van der Waals surface area contributed by atoms with Crippen molar-refractivity contribution in [1.29, 1.82) is 0 Å². The third kappa shape index (κ3) is 2.73. The molecule has 0 unspecified atom stereocenters. The van der Waals surface area contributed by atoms with Crippen molar-refractivity contribution in [2.24, 2.45) is 0 Å². The number of hydrogen-bond acceptors (Lipinski definition) is 4. The number of benzene rings is 1. The molecule has 0 bridgehead atoms. The van der Waals surface area contributed by atoms with Crippen molar-refractivity contribution < 1.29 is 4.74 Å². The maximum absolute atomic E-state index is 5.66. The van der Waals surface area contributed by atoms with Gasteiger partial charge in [-0.2, -0.15) is 0 Å². The van der Waals surface area contributed by atoms with Crippen LogP contribution in [0.5, 0.6) is 5.75 Å². The van der Waals surface area contributed by atoms with Crippen molar-refractivity contribution in [3.05, 3.63) is 40.5 Å². The Morgan fingerprint density at radius 2 is 2.11 bits per heavy atom. The number of rotatable bonds is 3. The summed E-state index contributed by atoms with van der Waals surface area (Å²) in [6.07, 6.45) is 1.61. The van der Waals surface area contributed by atoms with E-state index in [1.54, 1.807) is 13.3 Å². The van der Waals surface area contributed by atoms with Crippen LogP contribution in [-0.4, -0.2) is 12.1 Å². The van der Waals surface area contributed by atoms with Gasteiger partial charge in [-0.1, -0.05) is 6.07 Å². The molecule has 2 aromatic rings. The Labute approximate surface area is 114 Å². The van der Waals surface area contributed by atoms with E-state index in [9.17, 15) is 0 Å². The fourth-order valence-electron chi connectivity index (χ4n) is 1.54. The normalized spacial score (nSPS) is 10.2. The smallest absolute Gasteiger partial charge is 0.144 e. The van der Waals surface area contributed by atoms with Crippen molar-refractivity contribution in [1.82, 2.24) is 4.98 Å². The van der Waals surface area contributed by atoms with E-state index in [0.29, 0.717) is 5.69 Å². The molecule has 18 heavy (non-hydrogen) atoms. The molecule has 0 radical (unpaired) electrons. The van der Waals surface area contributed by atoms with E-state index >= 15 is 0 Å². The fourth-order valence-corrected chi connectivity index (χ4v) is 2.00. The predicted octanol–water partition coefficient (Wildman–Crippen LogP) is 3.49. The van der Waals surface area contributed by atoms with Crippen molar-refractivity contribution in [3.8, 4) is 5.75 Å². The first kappa shape index (κ1) is 12.7. The van der Waals surface area contributed by atoms with Gasteiger partial charge in [-0.3, -0.25) is 0 Å². The van der Waals surface area contributed by atoms with Crippen LogP contribution >= 0.6 is 15.9 Å². The summed E-state index contributed by atoms with van der Waals surface area (Å²) in [5, 5.41) is 3.25. The maximum Gasteiger partial charge on any atom is 0.144 e. The van der Waals surface area contributed by atoms with Crippen LogP contribution in [0, 0.1) is 6.92 Å². The standard InChI is InChI=1S/C13H14BrN3O/c1-8-3-4-10(18-2)6-12(8)17-13-11(14)5-9(15)7-16-13/h3-7H,15H2,1-2H3,(H,16,17). The minimum Gasteiger partial charge on any atom is -0.497 e. The minimum absolute atomic E-state index is 0.620.